The fourth-order valence-electron chi connectivity index (χ4n) is 1.48. The Balaban J connectivity index is 2.03. The van der Waals surface area contributed by atoms with E-state index in [9.17, 15) is 0 Å². The van der Waals surface area contributed by atoms with Crippen LogP contribution in [-0.4, -0.2) is 16.6 Å². The highest BCUT2D eigenvalue weighted by Crippen LogP contribution is 2.20. The zero-order valence-electron chi connectivity index (χ0n) is 9.76. The number of aromatic nitrogens is 2. The summed E-state index contributed by atoms with van der Waals surface area (Å²) in [6.45, 7) is 3.26. The van der Waals surface area contributed by atoms with Crippen LogP contribution in [0.25, 0.3) is 0 Å². The molecule has 2 heterocycles. The van der Waals surface area contributed by atoms with E-state index in [1.807, 2.05) is 37.4 Å². The van der Waals surface area contributed by atoms with Gasteiger partial charge in [0.2, 0.25) is 5.88 Å². The van der Waals surface area contributed by atoms with Crippen LogP contribution in [0.5, 0.6) is 5.88 Å². The summed E-state index contributed by atoms with van der Waals surface area (Å²) in [5.41, 5.74) is 2.03. The lowest BCUT2D eigenvalue weighted by atomic mass is 10.3. The topological polar surface area (TPSA) is 47.0 Å². The minimum atomic E-state index is 0.610. The van der Waals surface area contributed by atoms with E-state index in [1.165, 1.54) is 0 Å². The van der Waals surface area contributed by atoms with Gasteiger partial charge in [0.25, 0.3) is 0 Å². The summed E-state index contributed by atoms with van der Waals surface area (Å²) in [7, 11) is 0. The van der Waals surface area contributed by atoms with Gasteiger partial charge in [-0.15, -0.1) is 0 Å². The standard InChI is InChI=1S/C13H15N3O/c1-2-17-13-12(6-4-8-15-13)16-10-11-5-3-7-14-9-11/h3-9,16H,2,10H2,1H3. The van der Waals surface area contributed by atoms with E-state index in [-0.39, 0.29) is 0 Å². The first-order chi connectivity index (χ1) is 8.40. The normalized spacial score (nSPS) is 9.94. The fraction of sp³-hybridized carbons (Fsp3) is 0.231. The first-order valence-electron chi connectivity index (χ1n) is 5.60. The predicted molar refractivity (Wildman–Crippen MR) is 67.0 cm³/mol. The van der Waals surface area contributed by atoms with Crippen molar-refractivity contribution in [1.29, 1.82) is 0 Å². The van der Waals surface area contributed by atoms with Crippen LogP contribution in [0.3, 0.4) is 0 Å². The van der Waals surface area contributed by atoms with E-state index in [1.54, 1.807) is 12.4 Å². The lowest BCUT2D eigenvalue weighted by Crippen LogP contribution is -2.04. The summed E-state index contributed by atoms with van der Waals surface area (Å²) < 4.78 is 5.44. The van der Waals surface area contributed by atoms with Crippen LogP contribution in [0.4, 0.5) is 5.69 Å². The van der Waals surface area contributed by atoms with Gasteiger partial charge < -0.3 is 10.1 Å². The van der Waals surface area contributed by atoms with Crippen molar-refractivity contribution in [1.82, 2.24) is 9.97 Å². The molecular weight excluding hydrogens is 214 g/mol. The molecule has 0 aliphatic carbocycles. The van der Waals surface area contributed by atoms with Crippen LogP contribution in [0.1, 0.15) is 12.5 Å². The van der Waals surface area contributed by atoms with Crippen LogP contribution in [-0.2, 0) is 6.54 Å². The zero-order valence-corrected chi connectivity index (χ0v) is 9.76. The van der Waals surface area contributed by atoms with Crippen molar-refractivity contribution in [3.05, 3.63) is 48.4 Å². The van der Waals surface area contributed by atoms with Gasteiger partial charge in [0, 0.05) is 25.1 Å². The Bertz CT molecular complexity index is 459. The third kappa shape index (κ3) is 3.17. The molecule has 0 spiro atoms. The molecule has 2 rings (SSSR count). The molecule has 17 heavy (non-hydrogen) atoms. The van der Waals surface area contributed by atoms with Crippen LogP contribution in [0, 0.1) is 0 Å². The van der Waals surface area contributed by atoms with E-state index < -0.39 is 0 Å². The third-order valence-corrected chi connectivity index (χ3v) is 2.26. The molecule has 0 radical (unpaired) electrons. The number of pyridine rings is 2. The molecule has 0 bridgehead atoms. The number of nitrogens with one attached hydrogen (secondary N) is 1. The monoisotopic (exact) mass is 229 g/mol. The third-order valence-electron chi connectivity index (χ3n) is 2.26. The molecule has 2 aromatic rings. The van der Waals surface area contributed by atoms with Gasteiger partial charge in [0.15, 0.2) is 0 Å². The zero-order chi connectivity index (χ0) is 11.9. The van der Waals surface area contributed by atoms with Gasteiger partial charge in [-0.25, -0.2) is 4.98 Å². The highest BCUT2D eigenvalue weighted by atomic mass is 16.5. The summed E-state index contributed by atoms with van der Waals surface area (Å²) in [5, 5.41) is 3.29. The van der Waals surface area contributed by atoms with Crippen molar-refractivity contribution in [2.24, 2.45) is 0 Å². The van der Waals surface area contributed by atoms with Gasteiger partial charge in [-0.1, -0.05) is 6.07 Å². The highest BCUT2D eigenvalue weighted by molar-refractivity contribution is 5.52. The molecule has 0 amide bonds. The average Bonchev–Trinajstić information content (AvgIpc) is 2.39. The number of hydrogen-bond donors (Lipinski definition) is 1. The van der Waals surface area contributed by atoms with Crippen molar-refractivity contribution in [2.45, 2.75) is 13.5 Å². The minimum Gasteiger partial charge on any atom is -0.476 e. The van der Waals surface area contributed by atoms with E-state index in [4.69, 9.17) is 4.74 Å². The Morgan fingerprint density at radius 1 is 1.24 bits per heavy atom. The molecule has 0 atom stereocenters. The number of hydrogen-bond acceptors (Lipinski definition) is 4. The van der Waals surface area contributed by atoms with E-state index in [2.05, 4.69) is 15.3 Å². The van der Waals surface area contributed by atoms with E-state index >= 15 is 0 Å². The molecule has 0 saturated carbocycles. The second-order valence-electron chi connectivity index (χ2n) is 3.50. The summed E-state index contributed by atoms with van der Waals surface area (Å²) in [5.74, 6) is 0.638. The molecule has 1 N–H and O–H groups in total. The summed E-state index contributed by atoms with van der Waals surface area (Å²) >= 11 is 0. The Hall–Kier alpha value is -2.10. The Morgan fingerprint density at radius 2 is 2.12 bits per heavy atom. The molecule has 0 aliphatic rings. The molecule has 2 aromatic heterocycles. The van der Waals surface area contributed by atoms with E-state index in [0.717, 1.165) is 11.3 Å². The summed E-state index contributed by atoms with van der Waals surface area (Å²) in [6, 6.07) is 7.78. The molecule has 4 nitrogen and oxygen atoms in total. The SMILES string of the molecule is CCOc1ncccc1NCc1cccnc1. The van der Waals surface area contributed by atoms with Gasteiger partial charge in [-0.05, 0) is 30.7 Å². The smallest absolute Gasteiger partial charge is 0.237 e. The maximum Gasteiger partial charge on any atom is 0.237 e. The van der Waals surface area contributed by atoms with Crippen LogP contribution < -0.4 is 10.1 Å². The summed E-state index contributed by atoms with van der Waals surface area (Å²) in [6.07, 6.45) is 5.32. The molecule has 0 unspecified atom stereocenters. The van der Waals surface area contributed by atoms with Crippen molar-refractivity contribution in [2.75, 3.05) is 11.9 Å². The fourth-order valence-corrected chi connectivity index (χ4v) is 1.48. The first kappa shape index (κ1) is 11.4. The van der Waals surface area contributed by atoms with Gasteiger partial charge in [0.1, 0.15) is 0 Å². The van der Waals surface area contributed by atoms with Crippen molar-refractivity contribution in [3.8, 4) is 5.88 Å². The van der Waals surface area contributed by atoms with Crippen molar-refractivity contribution >= 4 is 5.69 Å². The predicted octanol–water partition coefficient (Wildman–Crippen LogP) is 2.49. The van der Waals surface area contributed by atoms with Crippen molar-refractivity contribution < 1.29 is 4.74 Å². The van der Waals surface area contributed by atoms with Crippen LogP contribution >= 0.6 is 0 Å². The molecule has 0 aliphatic heterocycles. The molecule has 0 aromatic carbocycles. The molecular formula is C13H15N3O. The van der Waals surface area contributed by atoms with Gasteiger partial charge in [-0.2, -0.15) is 0 Å². The number of rotatable bonds is 5. The average molecular weight is 229 g/mol. The number of nitrogens with zero attached hydrogens (tertiary/aromatic N) is 2. The van der Waals surface area contributed by atoms with Gasteiger partial charge >= 0.3 is 0 Å². The Morgan fingerprint density at radius 3 is 2.88 bits per heavy atom. The number of ether oxygens (including phenoxy) is 1. The van der Waals surface area contributed by atoms with E-state index in [0.29, 0.717) is 19.0 Å². The maximum absolute atomic E-state index is 5.44. The molecule has 88 valence electrons. The van der Waals surface area contributed by atoms with Gasteiger partial charge in [-0.3, -0.25) is 4.98 Å². The van der Waals surface area contributed by atoms with Crippen LogP contribution in [0.15, 0.2) is 42.9 Å². The quantitative estimate of drug-likeness (QED) is 0.855. The largest absolute Gasteiger partial charge is 0.476 e. The molecule has 0 fully saturated rings. The minimum absolute atomic E-state index is 0.610. The molecule has 4 heteroatoms. The summed E-state index contributed by atoms with van der Waals surface area (Å²) in [4.78, 5) is 8.25. The Labute approximate surface area is 101 Å². The second kappa shape index (κ2) is 5.84. The molecule has 0 saturated heterocycles. The van der Waals surface area contributed by atoms with Crippen molar-refractivity contribution in [3.63, 3.8) is 0 Å². The first-order valence-corrected chi connectivity index (χ1v) is 5.60. The highest BCUT2D eigenvalue weighted by Gasteiger charge is 2.02. The maximum atomic E-state index is 5.44. The second-order valence-corrected chi connectivity index (χ2v) is 3.50. The lowest BCUT2D eigenvalue weighted by Gasteiger charge is -2.10. The lowest BCUT2D eigenvalue weighted by molar-refractivity contribution is 0.328. The number of anilines is 1. The van der Waals surface area contributed by atoms with Gasteiger partial charge in [0.05, 0.1) is 12.3 Å². The van der Waals surface area contributed by atoms with Crippen LogP contribution in [0.2, 0.25) is 0 Å². The Kier molecular flexibility index (Phi) is 3.91.